The first-order chi connectivity index (χ1) is 8.58. The minimum atomic E-state index is -3.70. The molecule has 0 atom stereocenters. The summed E-state index contributed by atoms with van der Waals surface area (Å²) in [6.07, 6.45) is 0. The molecule has 0 amide bonds. The highest BCUT2D eigenvalue weighted by Crippen LogP contribution is 2.15. The number of hydrogen-bond donors (Lipinski definition) is 0. The Morgan fingerprint density at radius 3 is 2.17 bits per heavy atom. The van der Waals surface area contributed by atoms with Gasteiger partial charge in [0.25, 0.3) is 10.1 Å². The van der Waals surface area contributed by atoms with Crippen molar-refractivity contribution in [3.05, 3.63) is 65.2 Å². The van der Waals surface area contributed by atoms with Crippen LogP contribution in [0, 0.1) is 0 Å². The summed E-state index contributed by atoms with van der Waals surface area (Å²) in [6.45, 7) is -0.00556. The van der Waals surface area contributed by atoms with Gasteiger partial charge in [-0.1, -0.05) is 41.9 Å². The standard InChI is InChI=1S/C13H11ClO3S/c14-12-8-6-11(7-9-12)10-17-18(15,16)13-4-2-1-3-5-13/h1-9H,10H2. The molecule has 2 rings (SSSR count). The maximum atomic E-state index is 11.8. The maximum Gasteiger partial charge on any atom is 0.297 e. The van der Waals surface area contributed by atoms with Gasteiger partial charge in [-0.25, -0.2) is 0 Å². The average Bonchev–Trinajstić information content (AvgIpc) is 2.39. The van der Waals surface area contributed by atoms with E-state index in [0.717, 1.165) is 5.56 Å². The first kappa shape index (κ1) is 13.1. The first-order valence-electron chi connectivity index (χ1n) is 5.27. The van der Waals surface area contributed by atoms with Crippen molar-refractivity contribution in [2.45, 2.75) is 11.5 Å². The van der Waals surface area contributed by atoms with Crippen LogP contribution in [0.3, 0.4) is 0 Å². The Labute approximate surface area is 111 Å². The first-order valence-corrected chi connectivity index (χ1v) is 7.05. The van der Waals surface area contributed by atoms with Crippen LogP contribution < -0.4 is 0 Å². The normalized spacial score (nSPS) is 11.4. The van der Waals surface area contributed by atoms with Crippen molar-refractivity contribution in [3.63, 3.8) is 0 Å². The summed E-state index contributed by atoms with van der Waals surface area (Å²) in [7, 11) is -3.70. The van der Waals surface area contributed by atoms with Gasteiger partial charge in [0.2, 0.25) is 0 Å². The fraction of sp³-hybridized carbons (Fsp3) is 0.0769. The number of halogens is 1. The minimum Gasteiger partial charge on any atom is -0.262 e. The van der Waals surface area contributed by atoms with Crippen LogP contribution in [0.5, 0.6) is 0 Å². The summed E-state index contributed by atoms with van der Waals surface area (Å²) in [5, 5.41) is 0.602. The third-order valence-electron chi connectivity index (χ3n) is 2.33. The third-order valence-corrected chi connectivity index (χ3v) is 3.86. The summed E-state index contributed by atoms with van der Waals surface area (Å²) >= 11 is 5.74. The smallest absolute Gasteiger partial charge is 0.262 e. The summed E-state index contributed by atoms with van der Waals surface area (Å²) in [6, 6.07) is 14.9. The summed E-state index contributed by atoms with van der Waals surface area (Å²) in [4.78, 5) is 0.152. The summed E-state index contributed by atoms with van der Waals surface area (Å²) in [5.41, 5.74) is 0.749. The van der Waals surface area contributed by atoms with Crippen LogP contribution in [0.2, 0.25) is 5.02 Å². The second-order valence-corrected chi connectivity index (χ2v) is 5.71. The molecule has 0 unspecified atom stereocenters. The van der Waals surface area contributed by atoms with Gasteiger partial charge in [0.1, 0.15) is 0 Å². The van der Waals surface area contributed by atoms with Crippen molar-refractivity contribution in [1.82, 2.24) is 0 Å². The van der Waals surface area contributed by atoms with E-state index in [1.54, 1.807) is 42.5 Å². The van der Waals surface area contributed by atoms with Crippen LogP contribution in [0.1, 0.15) is 5.56 Å². The van der Waals surface area contributed by atoms with E-state index >= 15 is 0 Å². The average molecular weight is 283 g/mol. The van der Waals surface area contributed by atoms with Gasteiger partial charge in [0, 0.05) is 5.02 Å². The Morgan fingerprint density at radius 1 is 0.944 bits per heavy atom. The quantitative estimate of drug-likeness (QED) is 0.809. The molecule has 94 valence electrons. The molecule has 0 fully saturated rings. The van der Waals surface area contributed by atoms with Crippen LogP contribution in [0.15, 0.2) is 59.5 Å². The van der Waals surface area contributed by atoms with Crippen molar-refractivity contribution < 1.29 is 12.6 Å². The zero-order valence-electron chi connectivity index (χ0n) is 9.41. The maximum absolute atomic E-state index is 11.8. The molecule has 0 saturated heterocycles. The number of hydrogen-bond acceptors (Lipinski definition) is 3. The molecular weight excluding hydrogens is 272 g/mol. The van der Waals surface area contributed by atoms with Crippen LogP contribution in [-0.2, 0) is 20.9 Å². The van der Waals surface area contributed by atoms with Crippen molar-refractivity contribution in [2.75, 3.05) is 0 Å². The van der Waals surface area contributed by atoms with Gasteiger partial charge < -0.3 is 0 Å². The lowest BCUT2D eigenvalue weighted by Crippen LogP contribution is -2.06. The third kappa shape index (κ3) is 3.32. The van der Waals surface area contributed by atoms with Crippen LogP contribution in [0.25, 0.3) is 0 Å². The van der Waals surface area contributed by atoms with E-state index < -0.39 is 10.1 Å². The van der Waals surface area contributed by atoms with Crippen LogP contribution in [-0.4, -0.2) is 8.42 Å². The molecular formula is C13H11ClO3S. The molecule has 0 aliphatic heterocycles. The predicted octanol–water partition coefficient (Wildman–Crippen LogP) is 3.25. The van der Waals surface area contributed by atoms with E-state index in [0.29, 0.717) is 5.02 Å². The van der Waals surface area contributed by atoms with Gasteiger partial charge in [0.05, 0.1) is 11.5 Å². The lowest BCUT2D eigenvalue weighted by atomic mass is 10.2. The van der Waals surface area contributed by atoms with Gasteiger partial charge in [-0.05, 0) is 29.8 Å². The lowest BCUT2D eigenvalue weighted by molar-refractivity contribution is 0.308. The van der Waals surface area contributed by atoms with Gasteiger partial charge >= 0.3 is 0 Å². The second kappa shape index (κ2) is 5.52. The molecule has 3 nitrogen and oxygen atoms in total. The van der Waals surface area contributed by atoms with Crippen LogP contribution in [0.4, 0.5) is 0 Å². The second-order valence-electron chi connectivity index (χ2n) is 3.66. The molecule has 0 saturated carbocycles. The van der Waals surface area contributed by atoms with Gasteiger partial charge in [-0.15, -0.1) is 0 Å². The van der Waals surface area contributed by atoms with E-state index in [4.69, 9.17) is 15.8 Å². The SMILES string of the molecule is O=S(=O)(OCc1ccc(Cl)cc1)c1ccccc1. The monoisotopic (exact) mass is 282 g/mol. The number of rotatable bonds is 4. The Balaban J connectivity index is 2.08. The highest BCUT2D eigenvalue weighted by Gasteiger charge is 2.14. The minimum absolute atomic E-state index is 0.00556. The predicted molar refractivity (Wildman–Crippen MR) is 69.9 cm³/mol. The summed E-state index contributed by atoms with van der Waals surface area (Å²) < 4.78 is 28.6. The molecule has 2 aromatic carbocycles. The van der Waals surface area contributed by atoms with E-state index in [1.165, 1.54) is 12.1 Å². The highest BCUT2D eigenvalue weighted by atomic mass is 35.5. The van der Waals surface area contributed by atoms with Gasteiger partial charge in [-0.2, -0.15) is 8.42 Å². The molecule has 0 aliphatic carbocycles. The zero-order valence-corrected chi connectivity index (χ0v) is 11.0. The largest absolute Gasteiger partial charge is 0.297 e. The van der Waals surface area contributed by atoms with Crippen molar-refractivity contribution in [3.8, 4) is 0 Å². The van der Waals surface area contributed by atoms with Gasteiger partial charge in [-0.3, -0.25) is 4.18 Å². The van der Waals surface area contributed by atoms with E-state index in [1.807, 2.05) is 0 Å². The molecule has 5 heteroatoms. The zero-order chi connectivity index (χ0) is 13.0. The topological polar surface area (TPSA) is 43.4 Å². The van der Waals surface area contributed by atoms with Crippen molar-refractivity contribution in [1.29, 1.82) is 0 Å². The lowest BCUT2D eigenvalue weighted by Gasteiger charge is -2.05. The Hall–Kier alpha value is -1.36. The molecule has 0 spiro atoms. The molecule has 0 aliphatic rings. The molecule has 0 heterocycles. The van der Waals surface area contributed by atoms with Crippen LogP contribution >= 0.6 is 11.6 Å². The molecule has 0 radical (unpaired) electrons. The van der Waals surface area contributed by atoms with Gasteiger partial charge in [0.15, 0.2) is 0 Å². The number of benzene rings is 2. The fourth-order valence-electron chi connectivity index (χ4n) is 1.38. The molecule has 0 aromatic heterocycles. The molecule has 18 heavy (non-hydrogen) atoms. The molecule has 0 N–H and O–H groups in total. The Kier molecular flexibility index (Phi) is 4.01. The van der Waals surface area contributed by atoms with Crippen molar-refractivity contribution >= 4 is 21.7 Å². The van der Waals surface area contributed by atoms with E-state index in [2.05, 4.69) is 0 Å². The molecule has 2 aromatic rings. The van der Waals surface area contributed by atoms with E-state index in [9.17, 15) is 8.42 Å². The summed E-state index contributed by atoms with van der Waals surface area (Å²) in [5.74, 6) is 0. The Morgan fingerprint density at radius 2 is 1.56 bits per heavy atom. The highest BCUT2D eigenvalue weighted by molar-refractivity contribution is 7.86. The van der Waals surface area contributed by atoms with E-state index in [-0.39, 0.29) is 11.5 Å². The Bertz CT molecular complexity index is 606. The fourth-order valence-corrected chi connectivity index (χ4v) is 2.43. The van der Waals surface area contributed by atoms with Crippen molar-refractivity contribution in [2.24, 2.45) is 0 Å². The molecule has 0 bridgehead atoms.